The highest BCUT2D eigenvalue weighted by Gasteiger charge is 1.99. The van der Waals surface area contributed by atoms with Gasteiger partial charge < -0.3 is 0 Å². The second-order valence-electron chi connectivity index (χ2n) is 3.30. The van der Waals surface area contributed by atoms with Gasteiger partial charge >= 0.3 is 0 Å². The number of aromatic nitrogens is 2. The van der Waals surface area contributed by atoms with Crippen LogP contribution in [0.3, 0.4) is 0 Å². The van der Waals surface area contributed by atoms with Crippen molar-refractivity contribution in [2.75, 3.05) is 0 Å². The predicted octanol–water partition coefficient (Wildman–Crippen LogP) is 2.59. The fraction of sp³-hybridized carbons (Fsp3) is 0.0833. The molecule has 0 radical (unpaired) electrons. The van der Waals surface area contributed by atoms with Crippen LogP contribution in [0.4, 0.5) is 0 Å². The zero-order valence-corrected chi connectivity index (χ0v) is 9.15. The Hall–Kier alpha value is -1.92. The maximum Gasteiger partial charge on any atom is 0.222 e. The average molecular weight is 230 g/mol. The minimum absolute atomic E-state index is 0.256. The molecule has 0 aliphatic heterocycles. The fourth-order valence-electron chi connectivity index (χ4n) is 1.37. The van der Waals surface area contributed by atoms with Crippen molar-refractivity contribution in [2.24, 2.45) is 0 Å². The molecule has 1 heterocycles. The van der Waals surface area contributed by atoms with Gasteiger partial charge in [-0.05, 0) is 35.4 Å². The first-order valence-electron chi connectivity index (χ1n) is 4.74. The molecule has 0 unspecified atom stereocenters. The molecule has 2 aromatic rings. The van der Waals surface area contributed by atoms with Crippen molar-refractivity contribution in [1.82, 2.24) is 9.97 Å². The zero-order chi connectivity index (χ0) is 11.4. The molecule has 16 heavy (non-hydrogen) atoms. The lowest BCUT2D eigenvalue weighted by Crippen LogP contribution is -1.93. The third-order valence-electron chi connectivity index (χ3n) is 2.15. The molecule has 2 rings (SSSR count). The van der Waals surface area contributed by atoms with E-state index < -0.39 is 0 Å². The highest BCUT2D eigenvalue weighted by molar-refractivity contribution is 6.28. The van der Waals surface area contributed by atoms with Crippen LogP contribution in [0, 0.1) is 11.3 Å². The standard InChI is InChI=1S/C12H8ClN3/c13-12-15-6-5-11(16-12)7-9-1-3-10(8-14)4-2-9/h1-6H,7H2. The fourth-order valence-corrected chi connectivity index (χ4v) is 1.54. The molecule has 0 bridgehead atoms. The van der Waals surface area contributed by atoms with Gasteiger partial charge in [0.25, 0.3) is 0 Å². The Morgan fingerprint density at radius 2 is 1.94 bits per heavy atom. The number of benzene rings is 1. The Morgan fingerprint density at radius 1 is 1.19 bits per heavy atom. The van der Waals surface area contributed by atoms with Gasteiger partial charge in [-0.1, -0.05) is 12.1 Å². The molecule has 0 aliphatic rings. The number of nitriles is 1. The van der Waals surface area contributed by atoms with Crippen LogP contribution < -0.4 is 0 Å². The monoisotopic (exact) mass is 229 g/mol. The molecule has 0 atom stereocenters. The van der Waals surface area contributed by atoms with Gasteiger partial charge in [0.2, 0.25) is 5.28 Å². The highest BCUT2D eigenvalue weighted by atomic mass is 35.5. The molecular formula is C12H8ClN3. The van der Waals surface area contributed by atoms with Crippen LogP contribution in [0.2, 0.25) is 5.28 Å². The van der Waals surface area contributed by atoms with Gasteiger partial charge in [-0.3, -0.25) is 0 Å². The van der Waals surface area contributed by atoms with E-state index in [1.54, 1.807) is 18.3 Å². The summed E-state index contributed by atoms with van der Waals surface area (Å²) in [7, 11) is 0. The maximum atomic E-state index is 8.67. The van der Waals surface area contributed by atoms with Crippen LogP contribution in [-0.4, -0.2) is 9.97 Å². The highest BCUT2D eigenvalue weighted by Crippen LogP contribution is 2.09. The van der Waals surface area contributed by atoms with E-state index in [1.165, 1.54) is 0 Å². The second kappa shape index (κ2) is 4.73. The summed E-state index contributed by atoms with van der Waals surface area (Å²) in [5.41, 5.74) is 2.61. The molecule has 3 nitrogen and oxygen atoms in total. The van der Waals surface area contributed by atoms with E-state index in [4.69, 9.17) is 16.9 Å². The number of hydrogen-bond donors (Lipinski definition) is 0. The van der Waals surface area contributed by atoms with E-state index in [0.29, 0.717) is 12.0 Å². The maximum absolute atomic E-state index is 8.67. The van der Waals surface area contributed by atoms with E-state index in [0.717, 1.165) is 11.3 Å². The van der Waals surface area contributed by atoms with Crippen LogP contribution in [0.25, 0.3) is 0 Å². The van der Waals surface area contributed by atoms with Crippen molar-refractivity contribution in [3.8, 4) is 6.07 Å². The van der Waals surface area contributed by atoms with Crippen LogP contribution in [0.1, 0.15) is 16.8 Å². The van der Waals surface area contributed by atoms with Crippen LogP contribution >= 0.6 is 11.6 Å². The Kier molecular flexibility index (Phi) is 3.13. The number of hydrogen-bond acceptors (Lipinski definition) is 3. The van der Waals surface area contributed by atoms with Gasteiger partial charge in [-0.25, -0.2) is 9.97 Å². The molecule has 1 aromatic carbocycles. The molecule has 0 saturated heterocycles. The Balaban J connectivity index is 2.18. The van der Waals surface area contributed by atoms with Gasteiger partial charge in [0, 0.05) is 18.3 Å². The Labute approximate surface area is 98.4 Å². The lowest BCUT2D eigenvalue weighted by Gasteiger charge is -2.01. The summed E-state index contributed by atoms with van der Waals surface area (Å²) in [5, 5.41) is 8.92. The van der Waals surface area contributed by atoms with Gasteiger partial charge in [0.05, 0.1) is 11.6 Å². The third kappa shape index (κ3) is 2.56. The molecule has 0 amide bonds. The molecule has 1 aromatic heterocycles. The quantitative estimate of drug-likeness (QED) is 0.744. The number of rotatable bonds is 2. The first-order chi connectivity index (χ1) is 7.78. The molecule has 0 saturated carbocycles. The summed E-state index contributed by atoms with van der Waals surface area (Å²) in [6.45, 7) is 0. The van der Waals surface area contributed by atoms with E-state index in [1.807, 2.05) is 18.2 Å². The van der Waals surface area contributed by atoms with Crippen molar-refractivity contribution in [2.45, 2.75) is 6.42 Å². The minimum atomic E-state index is 0.256. The van der Waals surface area contributed by atoms with E-state index in [9.17, 15) is 0 Å². The molecular weight excluding hydrogens is 222 g/mol. The third-order valence-corrected chi connectivity index (χ3v) is 2.33. The molecule has 4 heteroatoms. The number of halogens is 1. The summed E-state index contributed by atoms with van der Waals surface area (Å²) in [6.07, 6.45) is 2.32. The first kappa shape index (κ1) is 10.6. The van der Waals surface area contributed by atoms with Crippen LogP contribution in [0.5, 0.6) is 0 Å². The SMILES string of the molecule is N#Cc1ccc(Cc2ccnc(Cl)n2)cc1. The van der Waals surface area contributed by atoms with E-state index in [-0.39, 0.29) is 5.28 Å². The molecule has 0 N–H and O–H groups in total. The van der Waals surface area contributed by atoms with Gasteiger partial charge in [-0.2, -0.15) is 5.26 Å². The lowest BCUT2D eigenvalue weighted by atomic mass is 10.1. The van der Waals surface area contributed by atoms with Gasteiger partial charge in [0.15, 0.2) is 0 Å². The summed E-state index contributed by atoms with van der Waals surface area (Å²) >= 11 is 5.69. The minimum Gasteiger partial charge on any atom is -0.227 e. The zero-order valence-electron chi connectivity index (χ0n) is 8.39. The Morgan fingerprint density at radius 3 is 2.56 bits per heavy atom. The summed E-state index contributed by atoms with van der Waals surface area (Å²) in [6, 6.07) is 11.3. The topological polar surface area (TPSA) is 49.6 Å². The van der Waals surface area contributed by atoms with Gasteiger partial charge in [0.1, 0.15) is 0 Å². The predicted molar refractivity (Wildman–Crippen MR) is 61.0 cm³/mol. The van der Waals surface area contributed by atoms with Crippen molar-refractivity contribution in [3.63, 3.8) is 0 Å². The van der Waals surface area contributed by atoms with Gasteiger partial charge in [-0.15, -0.1) is 0 Å². The molecule has 0 spiro atoms. The second-order valence-corrected chi connectivity index (χ2v) is 3.64. The largest absolute Gasteiger partial charge is 0.227 e. The van der Waals surface area contributed by atoms with Crippen molar-refractivity contribution in [1.29, 1.82) is 5.26 Å². The van der Waals surface area contributed by atoms with Crippen molar-refractivity contribution < 1.29 is 0 Å². The molecule has 78 valence electrons. The summed E-state index contributed by atoms with van der Waals surface area (Å²) in [5.74, 6) is 0. The smallest absolute Gasteiger partial charge is 0.222 e. The van der Waals surface area contributed by atoms with E-state index >= 15 is 0 Å². The van der Waals surface area contributed by atoms with Crippen molar-refractivity contribution in [3.05, 3.63) is 58.6 Å². The first-order valence-corrected chi connectivity index (χ1v) is 5.12. The lowest BCUT2D eigenvalue weighted by molar-refractivity contribution is 1.03. The number of nitrogens with zero attached hydrogens (tertiary/aromatic N) is 3. The molecule has 0 fully saturated rings. The molecule has 0 aliphatic carbocycles. The average Bonchev–Trinajstić information content (AvgIpc) is 2.30. The van der Waals surface area contributed by atoms with E-state index in [2.05, 4.69) is 16.0 Å². The summed E-state index contributed by atoms with van der Waals surface area (Å²) in [4.78, 5) is 7.92. The van der Waals surface area contributed by atoms with Crippen LogP contribution in [-0.2, 0) is 6.42 Å². The van der Waals surface area contributed by atoms with Crippen molar-refractivity contribution >= 4 is 11.6 Å². The summed E-state index contributed by atoms with van der Waals surface area (Å²) < 4.78 is 0. The Bertz CT molecular complexity index is 529. The van der Waals surface area contributed by atoms with Crippen LogP contribution in [0.15, 0.2) is 36.5 Å². The normalized spacial score (nSPS) is 9.75.